The molecule has 1 aliphatic carbocycles. The highest BCUT2D eigenvalue weighted by Crippen LogP contribution is 2.18. The van der Waals surface area contributed by atoms with Gasteiger partial charge in [-0.1, -0.05) is 0 Å². The van der Waals surface area contributed by atoms with Gasteiger partial charge in [0.2, 0.25) is 0 Å². The van der Waals surface area contributed by atoms with Gasteiger partial charge in [-0.05, 0) is 33.6 Å². The van der Waals surface area contributed by atoms with Crippen molar-refractivity contribution in [2.24, 2.45) is 0 Å². The molecule has 0 spiro atoms. The van der Waals surface area contributed by atoms with Gasteiger partial charge in [-0.2, -0.15) is 0 Å². The minimum atomic E-state index is -0.318. The van der Waals surface area contributed by atoms with Gasteiger partial charge in [0.05, 0.1) is 0 Å². The van der Waals surface area contributed by atoms with E-state index < -0.39 is 0 Å². The maximum atomic E-state index is 11.4. The number of amides is 2. The van der Waals surface area contributed by atoms with E-state index in [9.17, 15) is 9.59 Å². The summed E-state index contributed by atoms with van der Waals surface area (Å²) in [5, 5.41) is 6.20. The Hall–Kier alpha value is -1.30. The molecule has 2 aliphatic rings. The monoisotopic (exact) mass is 271 g/mol. The standard InChI is InChI=1S/C8H15N3O.C5H10O2/c12-8(10-7-1-2-7)11-5-3-9-4-6-11;1-5(2,3)7-4-6/h7,9H,1-6H2,(H,10,12);4H,1-3H3. The van der Waals surface area contributed by atoms with Crippen LogP contribution in [0.5, 0.6) is 0 Å². The summed E-state index contributed by atoms with van der Waals surface area (Å²) in [6.45, 7) is 9.47. The Morgan fingerprint density at radius 2 is 1.89 bits per heavy atom. The maximum Gasteiger partial charge on any atom is 0.317 e. The van der Waals surface area contributed by atoms with Gasteiger partial charge in [0.15, 0.2) is 0 Å². The van der Waals surface area contributed by atoms with Crippen molar-refractivity contribution in [3.8, 4) is 0 Å². The number of carbonyl (C=O) groups is 2. The molecule has 1 saturated heterocycles. The Labute approximate surface area is 114 Å². The van der Waals surface area contributed by atoms with E-state index in [0.29, 0.717) is 12.5 Å². The number of carbonyl (C=O) groups excluding carboxylic acids is 2. The van der Waals surface area contributed by atoms with Gasteiger partial charge in [0, 0.05) is 32.2 Å². The lowest BCUT2D eigenvalue weighted by Crippen LogP contribution is -2.50. The van der Waals surface area contributed by atoms with Crippen molar-refractivity contribution in [2.75, 3.05) is 26.2 Å². The second-order valence-corrected chi connectivity index (χ2v) is 5.79. The molecular formula is C13H25N3O3. The van der Waals surface area contributed by atoms with Crippen LogP contribution in [-0.2, 0) is 9.53 Å². The molecule has 0 aromatic heterocycles. The summed E-state index contributed by atoms with van der Waals surface area (Å²) in [5.41, 5.74) is -0.318. The van der Waals surface area contributed by atoms with Crippen LogP contribution in [0.3, 0.4) is 0 Å². The molecule has 6 heteroatoms. The third kappa shape index (κ3) is 7.66. The highest BCUT2D eigenvalue weighted by Gasteiger charge is 2.26. The van der Waals surface area contributed by atoms with Crippen LogP contribution in [0, 0.1) is 0 Å². The van der Waals surface area contributed by atoms with E-state index in [4.69, 9.17) is 0 Å². The largest absolute Gasteiger partial charge is 0.462 e. The number of urea groups is 1. The molecule has 110 valence electrons. The predicted molar refractivity (Wildman–Crippen MR) is 72.9 cm³/mol. The van der Waals surface area contributed by atoms with E-state index in [1.165, 1.54) is 0 Å². The van der Waals surface area contributed by atoms with Crippen LogP contribution in [-0.4, -0.2) is 55.2 Å². The first kappa shape index (κ1) is 15.8. The van der Waals surface area contributed by atoms with Crippen molar-refractivity contribution < 1.29 is 14.3 Å². The van der Waals surface area contributed by atoms with Crippen LogP contribution in [0.1, 0.15) is 33.6 Å². The van der Waals surface area contributed by atoms with E-state index in [0.717, 1.165) is 39.0 Å². The Kier molecular flexibility index (Phi) is 6.08. The number of rotatable bonds is 2. The lowest BCUT2D eigenvalue weighted by Gasteiger charge is -2.27. The van der Waals surface area contributed by atoms with E-state index >= 15 is 0 Å². The quantitative estimate of drug-likeness (QED) is 0.726. The number of nitrogens with one attached hydrogen (secondary N) is 2. The lowest BCUT2D eigenvalue weighted by molar-refractivity contribution is -0.138. The number of hydrogen-bond acceptors (Lipinski definition) is 4. The third-order valence-electron chi connectivity index (χ3n) is 2.71. The van der Waals surface area contributed by atoms with Crippen LogP contribution in [0.2, 0.25) is 0 Å². The van der Waals surface area contributed by atoms with Gasteiger partial charge >= 0.3 is 6.03 Å². The normalized spacial score (nSPS) is 19.0. The maximum absolute atomic E-state index is 11.4. The molecule has 6 nitrogen and oxygen atoms in total. The molecule has 1 saturated carbocycles. The third-order valence-corrected chi connectivity index (χ3v) is 2.71. The first-order valence-electron chi connectivity index (χ1n) is 6.80. The zero-order valence-corrected chi connectivity index (χ0v) is 12.1. The number of hydrogen-bond donors (Lipinski definition) is 2. The Morgan fingerprint density at radius 3 is 2.26 bits per heavy atom. The second kappa shape index (κ2) is 7.33. The molecule has 2 rings (SSSR count). The topological polar surface area (TPSA) is 70.7 Å². The molecule has 0 atom stereocenters. The zero-order valence-electron chi connectivity index (χ0n) is 12.1. The average Bonchev–Trinajstić information content (AvgIpc) is 3.13. The summed E-state index contributed by atoms with van der Waals surface area (Å²) in [6.07, 6.45) is 2.33. The van der Waals surface area contributed by atoms with Crippen molar-refractivity contribution in [2.45, 2.75) is 45.3 Å². The molecule has 0 bridgehead atoms. The van der Waals surface area contributed by atoms with E-state index in [1.54, 1.807) is 0 Å². The molecule has 2 N–H and O–H groups in total. The van der Waals surface area contributed by atoms with Crippen molar-refractivity contribution in [3.63, 3.8) is 0 Å². The predicted octanol–water partition coefficient (Wildman–Crippen LogP) is 0.722. The van der Waals surface area contributed by atoms with Gasteiger partial charge in [0.25, 0.3) is 6.47 Å². The van der Waals surface area contributed by atoms with Crippen molar-refractivity contribution in [1.82, 2.24) is 15.5 Å². The Morgan fingerprint density at radius 1 is 1.32 bits per heavy atom. The van der Waals surface area contributed by atoms with Crippen LogP contribution in [0.15, 0.2) is 0 Å². The number of ether oxygens (including phenoxy) is 1. The zero-order chi connectivity index (χ0) is 14.3. The van der Waals surface area contributed by atoms with Gasteiger partial charge < -0.3 is 20.3 Å². The minimum Gasteiger partial charge on any atom is -0.462 e. The van der Waals surface area contributed by atoms with Crippen LogP contribution in [0.4, 0.5) is 4.79 Å². The minimum absolute atomic E-state index is 0.124. The smallest absolute Gasteiger partial charge is 0.317 e. The molecule has 0 aromatic rings. The van der Waals surface area contributed by atoms with Crippen LogP contribution in [0.25, 0.3) is 0 Å². The number of nitrogens with zero attached hydrogens (tertiary/aromatic N) is 1. The molecule has 1 heterocycles. The fourth-order valence-corrected chi connectivity index (χ4v) is 1.51. The summed E-state index contributed by atoms with van der Waals surface area (Å²) in [4.78, 5) is 22.9. The van der Waals surface area contributed by atoms with E-state index in [2.05, 4.69) is 15.4 Å². The molecule has 2 fully saturated rings. The van der Waals surface area contributed by atoms with E-state index in [1.807, 2.05) is 25.7 Å². The Balaban J connectivity index is 0.000000224. The highest BCUT2D eigenvalue weighted by atomic mass is 16.5. The summed E-state index contributed by atoms with van der Waals surface area (Å²) < 4.78 is 4.55. The summed E-state index contributed by atoms with van der Waals surface area (Å²) in [7, 11) is 0. The second-order valence-electron chi connectivity index (χ2n) is 5.79. The first-order chi connectivity index (χ1) is 8.92. The SMILES string of the molecule is CC(C)(C)OC=O.O=C(NC1CC1)N1CCNCC1. The van der Waals surface area contributed by atoms with Crippen LogP contribution < -0.4 is 10.6 Å². The summed E-state index contributed by atoms with van der Waals surface area (Å²) >= 11 is 0. The van der Waals surface area contributed by atoms with Crippen LogP contribution >= 0.6 is 0 Å². The molecule has 0 unspecified atom stereocenters. The van der Waals surface area contributed by atoms with E-state index in [-0.39, 0.29) is 11.6 Å². The lowest BCUT2D eigenvalue weighted by atomic mass is 10.2. The van der Waals surface area contributed by atoms with Crippen molar-refractivity contribution >= 4 is 12.5 Å². The molecule has 0 aromatic carbocycles. The molecular weight excluding hydrogens is 246 g/mol. The van der Waals surface area contributed by atoms with Crippen molar-refractivity contribution in [1.29, 1.82) is 0 Å². The highest BCUT2D eigenvalue weighted by molar-refractivity contribution is 5.75. The summed E-state index contributed by atoms with van der Waals surface area (Å²) in [5.74, 6) is 0. The van der Waals surface area contributed by atoms with Gasteiger partial charge in [0.1, 0.15) is 5.60 Å². The fourth-order valence-electron chi connectivity index (χ4n) is 1.51. The molecule has 19 heavy (non-hydrogen) atoms. The molecule has 0 radical (unpaired) electrons. The van der Waals surface area contributed by atoms with Gasteiger partial charge in [-0.25, -0.2) is 4.79 Å². The van der Waals surface area contributed by atoms with Gasteiger partial charge in [-0.3, -0.25) is 4.79 Å². The number of piperazine rings is 1. The Bertz CT molecular complexity index is 292. The van der Waals surface area contributed by atoms with Crippen molar-refractivity contribution in [3.05, 3.63) is 0 Å². The first-order valence-corrected chi connectivity index (χ1v) is 6.80. The summed E-state index contributed by atoms with van der Waals surface area (Å²) in [6, 6.07) is 0.603. The molecule has 2 amide bonds. The molecule has 1 aliphatic heterocycles. The average molecular weight is 271 g/mol. The fraction of sp³-hybridized carbons (Fsp3) is 0.846. The van der Waals surface area contributed by atoms with Gasteiger partial charge in [-0.15, -0.1) is 0 Å².